The van der Waals surface area contributed by atoms with E-state index in [2.05, 4.69) is 10.6 Å². The molecule has 0 fully saturated rings. The molecule has 1 atom stereocenters. The third-order valence-electron chi connectivity index (χ3n) is 3.24. The summed E-state index contributed by atoms with van der Waals surface area (Å²) in [5, 5.41) is 17.3. The molecule has 0 heterocycles. The minimum atomic E-state index is -0.434. The second-order valence-electron chi connectivity index (χ2n) is 5.04. The number of nitrogens with one attached hydrogen (secondary N) is 2. The quantitative estimate of drug-likeness (QED) is 0.508. The topological polar surface area (TPSA) is 67.2 Å². The smallest absolute Gasteiger partial charge is 0.271 e. The molecule has 2 rings (SSSR count). The summed E-state index contributed by atoms with van der Waals surface area (Å²) >= 11 is 5.25. The van der Waals surface area contributed by atoms with Gasteiger partial charge in [-0.1, -0.05) is 35.9 Å². The van der Waals surface area contributed by atoms with Crippen molar-refractivity contribution in [1.29, 1.82) is 0 Å². The van der Waals surface area contributed by atoms with Crippen LogP contribution in [0.15, 0.2) is 48.5 Å². The van der Waals surface area contributed by atoms with Gasteiger partial charge in [-0.2, -0.15) is 0 Å². The van der Waals surface area contributed by atoms with Crippen molar-refractivity contribution in [3.05, 3.63) is 69.8 Å². The van der Waals surface area contributed by atoms with Crippen molar-refractivity contribution in [1.82, 2.24) is 5.32 Å². The van der Waals surface area contributed by atoms with Gasteiger partial charge in [0.05, 0.1) is 11.0 Å². The van der Waals surface area contributed by atoms with E-state index < -0.39 is 4.92 Å². The van der Waals surface area contributed by atoms with Crippen LogP contribution in [-0.4, -0.2) is 10.0 Å². The van der Waals surface area contributed by atoms with E-state index in [-0.39, 0.29) is 11.7 Å². The Morgan fingerprint density at radius 3 is 2.55 bits per heavy atom. The molecule has 2 aromatic rings. The van der Waals surface area contributed by atoms with Crippen LogP contribution in [0.1, 0.15) is 24.1 Å². The number of hydrogen-bond acceptors (Lipinski definition) is 3. The zero-order valence-corrected chi connectivity index (χ0v) is 13.2. The van der Waals surface area contributed by atoms with E-state index in [9.17, 15) is 10.1 Å². The summed E-state index contributed by atoms with van der Waals surface area (Å²) in [5.74, 6) is 0. The van der Waals surface area contributed by atoms with Crippen LogP contribution in [0.5, 0.6) is 0 Å². The predicted octanol–water partition coefficient (Wildman–Crippen LogP) is 3.95. The molecule has 0 radical (unpaired) electrons. The molecule has 0 amide bonds. The van der Waals surface area contributed by atoms with Crippen molar-refractivity contribution in [3.63, 3.8) is 0 Å². The van der Waals surface area contributed by atoms with Gasteiger partial charge in [-0.25, -0.2) is 0 Å². The number of non-ortho nitro benzene ring substituents is 1. The first-order valence-electron chi connectivity index (χ1n) is 6.84. The molecule has 0 bridgehead atoms. The summed E-state index contributed by atoms with van der Waals surface area (Å²) in [7, 11) is 0. The lowest BCUT2D eigenvalue weighted by molar-refractivity contribution is -0.384. The summed E-state index contributed by atoms with van der Waals surface area (Å²) < 4.78 is 0. The van der Waals surface area contributed by atoms with E-state index >= 15 is 0 Å². The van der Waals surface area contributed by atoms with Gasteiger partial charge in [0.25, 0.3) is 5.69 Å². The van der Waals surface area contributed by atoms with Gasteiger partial charge in [0.1, 0.15) is 0 Å². The Morgan fingerprint density at radius 1 is 1.23 bits per heavy atom. The Morgan fingerprint density at radius 2 is 1.91 bits per heavy atom. The number of nitro benzene ring substituents is 1. The standard InChI is InChI=1S/C16H17N3O2S/c1-11-6-8-13(9-7-11)12(2)17-16(22)18-14-4-3-5-15(10-14)19(20)21/h3-10,12H,1-2H3,(H2,17,18,22). The molecular formula is C16H17N3O2S. The van der Waals surface area contributed by atoms with Gasteiger partial charge in [0.15, 0.2) is 5.11 Å². The number of hydrogen-bond donors (Lipinski definition) is 2. The maximum absolute atomic E-state index is 10.8. The Labute approximate surface area is 134 Å². The highest BCUT2D eigenvalue weighted by Gasteiger charge is 2.09. The lowest BCUT2D eigenvalue weighted by Crippen LogP contribution is -2.30. The monoisotopic (exact) mass is 315 g/mol. The summed E-state index contributed by atoms with van der Waals surface area (Å²) in [5.41, 5.74) is 2.93. The number of aryl methyl sites for hydroxylation is 1. The van der Waals surface area contributed by atoms with Gasteiger partial charge < -0.3 is 10.6 Å². The number of benzene rings is 2. The first kappa shape index (κ1) is 15.9. The van der Waals surface area contributed by atoms with Gasteiger partial charge in [0, 0.05) is 17.8 Å². The highest BCUT2D eigenvalue weighted by Crippen LogP contribution is 2.18. The number of nitro groups is 1. The van der Waals surface area contributed by atoms with Crippen LogP contribution in [0.25, 0.3) is 0 Å². The number of nitrogens with zero attached hydrogens (tertiary/aromatic N) is 1. The summed E-state index contributed by atoms with van der Waals surface area (Å²) in [6.07, 6.45) is 0. The van der Waals surface area contributed by atoms with Gasteiger partial charge >= 0.3 is 0 Å². The molecule has 0 spiro atoms. The molecule has 2 N–H and O–H groups in total. The average Bonchev–Trinajstić information content (AvgIpc) is 2.47. The van der Waals surface area contributed by atoms with E-state index in [0.29, 0.717) is 10.8 Å². The highest BCUT2D eigenvalue weighted by atomic mass is 32.1. The van der Waals surface area contributed by atoms with Crippen LogP contribution < -0.4 is 10.6 Å². The third kappa shape index (κ3) is 4.26. The van der Waals surface area contributed by atoms with Crippen LogP contribution in [0.2, 0.25) is 0 Å². The van der Waals surface area contributed by atoms with Crippen molar-refractivity contribution in [2.45, 2.75) is 19.9 Å². The molecule has 0 saturated carbocycles. The minimum Gasteiger partial charge on any atom is -0.356 e. The summed E-state index contributed by atoms with van der Waals surface area (Å²) in [6.45, 7) is 4.04. The fraction of sp³-hybridized carbons (Fsp3) is 0.188. The fourth-order valence-electron chi connectivity index (χ4n) is 2.00. The van der Waals surface area contributed by atoms with Crippen LogP contribution in [0.4, 0.5) is 11.4 Å². The predicted molar refractivity (Wildman–Crippen MR) is 92.0 cm³/mol. The molecule has 0 saturated heterocycles. The van der Waals surface area contributed by atoms with Crippen molar-refractivity contribution >= 4 is 28.7 Å². The van der Waals surface area contributed by atoms with E-state index in [1.807, 2.05) is 38.1 Å². The molecule has 5 nitrogen and oxygen atoms in total. The molecule has 0 aliphatic carbocycles. The minimum absolute atomic E-state index is 0.0272. The number of thiocarbonyl (C=S) groups is 1. The molecule has 0 aliphatic heterocycles. The molecule has 22 heavy (non-hydrogen) atoms. The van der Waals surface area contributed by atoms with Crippen LogP contribution in [0, 0.1) is 17.0 Å². The van der Waals surface area contributed by atoms with Gasteiger partial charge in [-0.3, -0.25) is 10.1 Å². The highest BCUT2D eigenvalue weighted by molar-refractivity contribution is 7.80. The normalized spacial score (nSPS) is 11.5. The average molecular weight is 315 g/mol. The van der Waals surface area contributed by atoms with Gasteiger partial charge in [-0.15, -0.1) is 0 Å². The van der Waals surface area contributed by atoms with Crippen molar-refractivity contribution in [2.24, 2.45) is 0 Å². The third-order valence-corrected chi connectivity index (χ3v) is 3.46. The van der Waals surface area contributed by atoms with E-state index in [1.165, 1.54) is 17.7 Å². The van der Waals surface area contributed by atoms with Gasteiger partial charge in [-0.05, 0) is 37.7 Å². The Bertz CT molecular complexity index is 686. The van der Waals surface area contributed by atoms with Crippen LogP contribution >= 0.6 is 12.2 Å². The van der Waals surface area contributed by atoms with Crippen LogP contribution in [-0.2, 0) is 0 Å². The maximum Gasteiger partial charge on any atom is 0.271 e. The first-order chi connectivity index (χ1) is 10.5. The molecule has 2 aromatic carbocycles. The van der Waals surface area contributed by atoms with Crippen molar-refractivity contribution in [2.75, 3.05) is 5.32 Å². The molecular weight excluding hydrogens is 298 g/mol. The SMILES string of the molecule is Cc1ccc(C(C)NC(=S)Nc2cccc([N+](=O)[O-])c2)cc1. The largest absolute Gasteiger partial charge is 0.356 e. The van der Waals surface area contributed by atoms with Crippen LogP contribution in [0.3, 0.4) is 0 Å². The summed E-state index contributed by atoms with van der Waals surface area (Å²) in [6, 6.07) is 14.5. The first-order valence-corrected chi connectivity index (χ1v) is 7.25. The molecule has 0 aliphatic rings. The summed E-state index contributed by atoms with van der Waals surface area (Å²) in [4.78, 5) is 10.3. The zero-order valence-electron chi connectivity index (χ0n) is 12.4. The Balaban J connectivity index is 1.99. The van der Waals surface area contributed by atoms with E-state index in [0.717, 1.165) is 5.56 Å². The molecule has 1 unspecified atom stereocenters. The number of rotatable bonds is 4. The Hall–Kier alpha value is -2.47. The van der Waals surface area contributed by atoms with E-state index in [4.69, 9.17) is 12.2 Å². The number of anilines is 1. The fourth-order valence-corrected chi connectivity index (χ4v) is 2.29. The molecule has 114 valence electrons. The lowest BCUT2D eigenvalue weighted by atomic mass is 10.1. The van der Waals surface area contributed by atoms with Crippen molar-refractivity contribution in [3.8, 4) is 0 Å². The lowest BCUT2D eigenvalue weighted by Gasteiger charge is -2.17. The second kappa shape index (κ2) is 7.00. The molecule has 6 heteroatoms. The zero-order chi connectivity index (χ0) is 16.1. The van der Waals surface area contributed by atoms with E-state index in [1.54, 1.807) is 12.1 Å². The second-order valence-corrected chi connectivity index (χ2v) is 5.45. The Kier molecular flexibility index (Phi) is 5.06. The van der Waals surface area contributed by atoms with Gasteiger partial charge in [0.2, 0.25) is 0 Å². The molecule has 0 aromatic heterocycles. The maximum atomic E-state index is 10.8. The van der Waals surface area contributed by atoms with Crippen molar-refractivity contribution < 1.29 is 4.92 Å².